The molecule has 18 heavy (non-hydrogen) atoms. The third kappa shape index (κ3) is 1.96. The molecule has 2 nitrogen and oxygen atoms in total. The van der Waals surface area contributed by atoms with Crippen LogP contribution in [0.5, 0.6) is 0 Å². The molecule has 0 radical (unpaired) electrons. The second-order valence-electron chi connectivity index (χ2n) is 5.66. The van der Waals surface area contributed by atoms with E-state index in [-0.39, 0.29) is 5.91 Å². The van der Waals surface area contributed by atoms with Crippen molar-refractivity contribution in [1.29, 1.82) is 0 Å². The monoisotopic (exact) mass is 241 g/mol. The molecule has 3 atom stereocenters. The van der Waals surface area contributed by atoms with Crippen molar-refractivity contribution < 1.29 is 4.79 Å². The minimum Gasteiger partial charge on any atom is -0.349 e. The highest BCUT2D eigenvalue weighted by atomic mass is 16.1. The number of rotatable bonds is 2. The Kier molecular flexibility index (Phi) is 2.73. The molecule has 2 aliphatic rings. The molecular formula is C16H19NO. The maximum Gasteiger partial charge on any atom is 0.251 e. The van der Waals surface area contributed by atoms with E-state index in [4.69, 9.17) is 0 Å². The molecule has 1 N–H and O–H groups in total. The van der Waals surface area contributed by atoms with E-state index in [1.807, 2.05) is 25.1 Å². The van der Waals surface area contributed by atoms with Gasteiger partial charge in [0.2, 0.25) is 0 Å². The van der Waals surface area contributed by atoms with Crippen molar-refractivity contribution in [3.8, 4) is 0 Å². The third-order valence-corrected chi connectivity index (χ3v) is 4.36. The smallest absolute Gasteiger partial charge is 0.251 e. The van der Waals surface area contributed by atoms with Gasteiger partial charge in [-0.15, -0.1) is 0 Å². The van der Waals surface area contributed by atoms with E-state index in [0.29, 0.717) is 17.9 Å². The molecule has 2 aliphatic carbocycles. The Morgan fingerprint density at radius 2 is 2.00 bits per heavy atom. The van der Waals surface area contributed by atoms with E-state index in [9.17, 15) is 4.79 Å². The first-order chi connectivity index (χ1) is 8.63. The summed E-state index contributed by atoms with van der Waals surface area (Å²) in [6.07, 6.45) is 6.89. The van der Waals surface area contributed by atoms with Crippen molar-refractivity contribution >= 4 is 5.91 Å². The highest BCUT2D eigenvalue weighted by Crippen LogP contribution is 2.39. The number of aryl methyl sites for hydroxylation is 2. The Hall–Kier alpha value is -1.57. The molecular weight excluding hydrogens is 222 g/mol. The summed E-state index contributed by atoms with van der Waals surface area (Å²) in [4.78, 5) is 12.2. The molecule has 1 aromatic carbocycles. The molecule has 0 saturated heterocycles. The van der Waals surface area contributed by atoms with Crippen molar-refractivity contribution in [2.75, 3.05) is 0 Å². The van der Waals surface area contributed by atoms with E-state index < -0.39 is 0 Å². The molecule has 1 aromatic rings. The average molecular weight is 241 g/mol. The van der Waals surface area contributed by atoms with Crippen LogP contribution in [0.1, 0.15) is 34.3 Å². The second-order valence-corrected chi connectivity index (χ2v) is 5.66. The van der Waals surface area contributed by atoms with Crippen LogP contribution in [0.3, 0.4) is 0 Å². The fraction of sp³-hybridized carbons (Fsp3) is 0.438. The summed E-state index contributed by atoms with van der Waals surface area (Å²) in [5.41, 5.74) is 3.19. The van der Waals surface area contributed by atoms with Crippen molar-refractivity contribution in [3.63, 3.8) is 0 Å². The van der Waals surface area contributed by atoms with Gasteiger partial charge in [0.05, 0.1) is 0 Å². The van der Waals surface area contributed by atoms with Crippen LogP contribution in [-0.2, 0) is 0 Å². The van der Waals surface area contributed by atoms with E-state index in [0.717, 1.165) is 12.0 Å². The Morgan fingerprint density at radius 1 is 1.17 bits per heavy atom. The third-order valence-electron chi connectivity index (χ3n) is 4.36. The molecule has 0 heterocycles. The van der Waals surface area contributed by atoms with Gasteiger partial charge < -0.3 is 5.32 Å². The fourth-order valence-corrected chi connectivity index (χ4v) is 3.08. The molecule has 94 valence electrons. The zero-order chi connectivity index (χ0) is 12.7. The Bertz CT molecular complexity index is 518. The van der Waals surface area contributed by atoms with Crippen molar-refractivity contribution in [2.24, 2.45) is 11.8 Å². The van der Waals surface area contributed by atoms with Crippen molar-refractivity contribution in [3.05, 3.63) is 47.0 Å². The minimum absolute atomic E-state index is 0.0732. The highest BCUT2D eigenvalue weighted by Gasteiger charge is 2.36. The van der Waals surface area contributed by atoms with Crippen LogP contribution < -0.4 is 5.32 Å². The van der Waals surface area contributed by atoms with Crippen LogP contribution in [-0.4, -0.2) is 11.9 Å². The Labute approximate surface area is 108 Å². The van der Waals surface area contributed by atoms with Gasteiger partial charge in [0.15, 0.2) is 0 Å². The van der Waals surface area contributed by atoms with Crippen LogP contribution >= 0.6 is 0 Å². The predicted molar refractivity (Wildman–Crippen MR) is 72.5 cm³/mol. The molecule has 2 heteroatoms. The first-order valence-electron chi connectivity index (χ1n) is 6.70. The van der Waals surface area contributed by atoms with Gasteiger partial charge in [-0.3, -0.25) is 4.79 Å². The number of benzene rings is 1. The largest absolute Gasteiger partial charge is 0.349 e. The molecule has 0 spiro atoms. The molecule has 3 rings (SSSR count). The summed E-state index contributed by atoms with van der Waals surface area (Å²) < 4.78 is 0. The molecule has 1 saturated carbocycles. The van der Waals surface area contributed by atoms with E-state index in [1.165, 1.54) is 17.5 Å². The standard InChI is InChI=1S/C16H19NO/c1-10-3-5-14(7-11(10)2)16(18)17-15-9-12-4-6-13(15)8-12/h3-7,12-13,15H,8-9H2,1-2H3,(H,17,18). The Balaban J connectivity index is 1.71. The SMILES string of the molecule is Cc1ccc(C(=O)NC2CC3C=CC2C3)cc1C. The van der Waals surface area contributed by atoms with Gasteiger partial charge in [-0.05, 0) is 61.8 Å². The van der Waals surface area contributed by atoms with Gasteiger partial charge in [0, 0.05) is 11.6 Å². The summed E-state index contributed by atoms with van der Waals surface area (Å²) >= 11 is 0. The summed E-state index contributed by atoms with van der Waals surface area (Å²) in [7, 11) is 0. The molecule has 0 aromatic heterocycles. The Morgan fingerprint density at radius 3 is 2.61 bits per heavy atom. The van der Waals surface area contributed by atoms with Crippen LogP contribution in [0.25, 0.3) is 0 Å². The molecule has 3 unspecified atom stereocenters. The summed E-state index contributed by atoms with van der Waals surface area (Å²) in [6, 6.07) is 6.26. The zero-order valence-corrected chi connectivity index (χ0v) is 10.9. The molecule has 0 aliphatic heterocycles. The normalized spacial score (nSPS) is 28.7. The maximum absolute atomic E-state index is 12.2. The van der Waals surface area contributed by atoms with Gasteiger partial charge in [0.1, 0.15) is 0 Å². The molecule has 1 amide bonds. The minimum atomic E-state index is 0.0732. The van der Waals surface area contributed by atoms with Gasteiger partial charge >= 0.3 is 0 Å². The first kappa shape index (κ1) is 11.5. The van der Waals surface area contributed by atoms with Crippen LogP contribution in [0.15, 0.2) is 30.4 Å². The lowest BCUT2D eigenvalue weighted by atomic mass is 10.0. The number of hydrogen-bond donors (Lipinski definition) is 1. The lowest BCUT2D eigenvalue weighted by molar-refractivity contribution is 0.0931. The summed E-state index contributed by atoms with van der Waals surface area (Å²) in [6.45, 7) is 4.12. The second kappa shape index (κ2) is 4.27. The summed E-state index contributed by atoms with van der Waals surface area (Å²) in [5, 5.41) is 3.18. The number of fused-ring (bicyclic) bond motifs is 2. The number of amides is 1. The average Bonchev–Trinajstić information content (AvgIpc) is 2.94. The number of hydrogen-bond acceptors (Lipinski definition) is 1. The van der Waals surface area contributed by atoms with Crippen molar-refractivity contribution in [2.45, 2.75) is 32.7 Å². The van der Waals surface area contributed by atoms with Crippen LogP contribution in [0, 0.1) is 25.7 Å². The topological polar surface area (TPSA) is 29.1 Å². The van der Waals surface area contributed by atoms with Gasteiger partial charge in [-0.2, -0.15) is 0 Å². The lowest BCUT2D eigenvalue weighted by Gasteiger charge is -2.20. The number of carbonyl (C=O) groups excluding carboxylic acids is 1. The van der Waals surface area contributed by atoms with Gasteiger partial charge in [-0.25, -0.2) is 0 Å². The van der Waals surface area contributed by atoms with Crippen molar-refractivity contribution in [1.82, 2.24) is 5.32 Å². The van der Waals surface area contributed by atoms with Gasteiger partial charge in [0.25, 0.3) is 5.91 Å². The van der Waals surface area contributed by atoms with E-state index in [2.05, 4.69) is 24.4 Å². The number of nitrogens with one attached hydrogen (secondary N) is 1. The van der Waals surface area contributed by atoms with E-state index >= 15 is 0 Å². The predicted octanol–water partition coefficient (Wildman–Crippen LogP) is 3.00. The zero-order valence-electron chi connectivity index (χ0n) is 10.9. The number of allylic oxidation sites excluding steroid dienone is 1. The van der Waals surface area contributed by atoms with E-state index in [1.54, 1.807) is 0 Å². The molecule has 2 bridgehead atoms. The number of carbonyl (C=O) groups is 1. The molecule has 1 fully saturated rings. The fourth-order valence-electron chi connectivity index (χ4n) is 3.08. The van der Waals surface area contributed by atoms with Crippen LogP contribution in [0.2, 0.25) is 0 Å². The maximum atomic E-state index is 12.2. The quantitative estimate of drug-likeness (QED) is 0.792. The first-order valence-corrected chi connectivity index (χ1v) is 6.70. The van der Waals surface area contributed by atoms with Crippen LogP contribution in [0.4, 0.5) is 0 Å². The van der Waals surface area contributed by atoms with Gasteiger partial charge in [-0.1, -0.05) is 18.2 Å². The lowest BCUT2D eigenvalue weighted by Crippen LogP contribution is -2.37. The summed E-state index contributed by atoms with van der Waals surface area (Å²) in [5.74, 6) is 1.33. The highest BCUT2D eigenvalue weighted by molar-refractivity contribution is 5.94.